The summed E-state index contributed by atoms with van der Waals surface area (Å²) < 4.78 is 0. The van der Waals surface area contributed by atoms with Crippen LogP contribution in [-0.2, 0) is 0 Å². The van der Waals surface area contributed by atoms with Crippen molar-refractivity contribution < 1.29 is 0 Å². The van der Waals surface area contributed by atoms with Crippen LogP contribution in [0.15, 0.2) is 18.2 Å². The van der Waals surface area contributed by atoms with Crippen molar-refractivity contribution in [3.63, 3.8) is 0 Å². The molecular formula is C12H18N2. The lowest BCUT2D eigenvalue weighted by Gasteiger charge is -2.02. The molecule has 0 unspecified atom stereocenters. The summed E-state index contributed by atoms with van der Waals surface area (Å²) in [6, 6.07) is 6.24. The molecule has 1 aliphatic carbocycles. The molecule has 1 aromatic rings. The van der Waals surface area contributed by atoms with Gasteiger partial charge in [0, 0.05) is 17.3 Å². The van der Waals surface area contributed by atoms with E-state index in [0.29, 0.717) is 17.3 Å². The van der Waals surface area contributed by atoms with E-state index >= 15 is 0 Å². The zero-order valence-corrected chi connectivity index (χ0v) is 9.12. The smallest absolute Gasteiger partial charge is 0.0446 e. The second-order valence-corrected chi connectivity index (χ2v) is 4.85. The molecule has 1 heterocycles. The van der Waals surface area contributed by atoms with E-state index < -0.39 is 0 Å². The Hall–Kier alpha value is -0.890. The monoisotopic (exact) mass is 190 g/mol. The molecule has 14 heavy (non-hydrogen) atoms. The van der Waals surface area contributed by atoms with Gasteiger partial charge in [-0.05, 0) is 36.9 Å². The van der Waals surface area contributed by atoms with Crippen LogP contribution in [0.4, 0.5) is 0 Å². The number of nitrogens with two attached hydrogens (primary N) is 1. The molecule has 0 aliphatic heterocycles. The van der Waals surface area contributed by atoms with Gasteiger partial charge in [0.25, 0.3) is 0 Å². The third-order valence-electron chi connectivity index (χ3n) is 3.53. The SMILES string of the molecule is Cc1cccc([C@@H]2[C@@H](CN)C2(C)C)n1. The summed E-state index contributed by atoms with van der Waals surface area (Å²) >= 11 is 0. The minimum absolute atomic E-state index is 0.343. The minimum atomic E-state index is 0.343. The molecule has 0 saturated heterocycles. The van der Waals surface area contributed by atoms with Gasteiger partial charge in [0.1, 0.15) is 0 Å². The van der Waals surface area contributed by atoms with Crippen molar-refractivity contribution in [3.05, 3.63) is 29.6 Å². The highest BCUT2D eigenvalue weighted by Gasteiger charge is 2.57. The fourth-order valence-electron chi connectivity index (χ4n) is 2.51. The van der Waals surface area contributed by atoms with Gasteiger partial charge in [-0.25, -0.2) is 0 Å². The molecular weight excluding hydrogens is 172 g/mol. The van der Waals surface area contributed by atoms with Gasteiger partial charge in [-0.2, -0.15) is 0 Å². The predicted molar refractivity (Wildman–Crippen MR) is 58.0 cm³/mol. The number of hydrogen-bond acceptors (Lipinski definition) is 2. The Bertz CT molecular complexity index is 344. The molecule has 0 aromatic carbocycles. The maximum Gasteiger partial charge on any atom is 0.0446 e. The highest BCUT2D eigenvalue weighted by molar-refractivity contribution is 5.27. The predicted octanol–water partition coefficient (Wildman–Crippen LogP) is 2.09. The van der Waals surface area contributed by atoms with E-state index in [2.05, 4.69) is 31.0 Å². The van der Waals surface area contributed by atoms with E-state index in [1.54, 1.807) is 0 Å². The van der Waals surface area contributed by atoms with E-state index in [1.165, 1.54) is 5.69 Å². The molecule has 1 aliphatic rings. The van der Waals surface area contributed by atoms with Crippen molar-refractivity contribution >= 4 is 0 Å². The lowest BCUT2D eigenvalue weighted by molar-refractivity contribution is 0.557. The van der Waals surface area contributed by atoms with E-state index in [9.17, 15) is 0 Å². The van der Waals surface area contributed by atoms with Crippen LogP contribution in [0.5, 0.6) is 0 Å². The van der Waals surface area contributed by atoms with Gasteiger partial charge >= 0.3 is 0 Å². The number of aromatic nitrogens is 1. The highest BCUT2D eigenvalue weighted by atomic mass is 14.8. The van der Waals surface area contributed by atoms with Crippen LogP contribution in [0.25, 0.3) is 0 Å². The van der Waals surface area contributed by atoms with Gasteiger partial charge < -0.3 is 5.73 Å². The molecule has 0 spiro atoms. The first kappa shape index (κ1) is 9.66. The van der Waals surface area contributed by atoms with Gasteiger partial charge in [-0.3, -0.25) is 4.98 Å². The van der Waals surface area contributed by atoms with Crippen LogP contribution >= 0.6 is 0 Å². The van der Waals surface area contributed by atoms with Gasteiger partial charge in [0.05, 0.1) is 0 Å². The fourth-order valence-corrected chi connectivity index (χ4v) is 2.51. The van der Waals surface area contributed by atoms with Gasteiger partial charge in [-0.1, -0.05) is 19.9 Å². The van der Waals surface area contributed by atoms with Crippen molar-refractivity contribution in [2.75, 3.05) is 6.54 Å². The summed E-state index contributed by atoms with van der Waals surface area (Å²) in [5, 5.41) is 0. The number of aryl methyl sites for hydroxylation is 1. The largest absolute Gasteiger partial charge is 0.330 e. The molecule has 2 rings (SSSR count). The second-order valence-electron chi connectivity index (χ2n) is 4.85. The van der Waals surface area contributed by atoms with Gasteiger partial charge in [0.15, 0.2) is 0 Å². The molecule has 2 atom stereocenters. The van der Waals surface area contributed by atoms with E-state index in [1.807, 2.05) is 13.0 Å². The van der Waals surface area contributed by atoms with Gasteiger partial charge in [-0.15, -0.1) is 0 Å². The Balaban J connectivity index is 2.26. The standard InChI is InChI=1S/C12H18N2/c1-8-5-4-6-10(14-8)11-9(7-13)12(11,2)3/h4-6,9,11H,7,13H2,1-3H3/t9-,11+/m1/s1. The topological polar surface area (TPSA) is 38.9 Å². The first-order chi connectivity index (χ1) is 6.57. The zero-order chi connectivity index (χ0) is 10.3. The molecule has 1 aromatic heterocycles. The van der Waals surface area contributed by atoms with E-state index in [-0.39, 0.29) is 0 Å². The molecule has 0 radical (unpaired) electrons. The van der Waals surface area contributed by atoms with E-state index in [0.717, 1.165) is 12.2 Å². The molecule has 1 saturated carbocycles. The fraction of sp³-hybridized carbons (Fsp3) is 0.583. The summed E-state index contributed by atoms with van der Waals surface area (Å²) in [5.41, 5.74) is 8.40. The second kappa shape index (κ2) is 3.06. The summed E-state index contributed by atoms with van der Waals surface area (Å²) in [5.74, 6) is 1.17. The third kappa shape index (κ3) is 1.34. The molecule has 0 bridgehead atoms. The molecule has 2 heteroatoms. The van der Waals surface area contributed by atoms with Crippen LogP contribution in [0, 0.1) is 18.3 Å². The Kier molecular flexibility index (Phi) is 2.11. The summed E-state index contributed by atoms with van der Waals surface area (Å²) in [6.45, 7) is 7.36. The van der Waals surface area contributed by atoms with Crippen LogP contribution in [-0.4, -0.2) is 11.5 Å². The molecule has 0 amide bonds. The number of rotatable bonds is 2. The van der Waals surface area contributed by atoms with E-state index in [4.69, 9.17) is 5.73 Å². The Morgan fingerprint density at radius 2 is 2.14 bits per heavy atom. The Morgan fingerprint density at radius 1 is 1.43 bits per heavy atom. The molecule has 2 N–H and O–H groups in total. The lowest BCUT2D eigenvalue weighted by Crippen LogP contribution is -2.05. The normalized spacial score (nSPS) is 28.9. The third-order valence-corrected chi connectivity index (χ3v) is 3.53. The molecule has 2 nitrogen and oxygen atoms in total. The van der Waals surface area contributed by atoms with Crippen LogP contribution in [0.1, 0.15) is 31.2 Å². The van der Waals surface area contributed by atoms with Crippen molar-refractivity contribution in [1.29, 1.82) is 0 Å². The minimum Gasteiger partial charge on any atom is -0.330 e. The number of hydrogen-bond donors (Lipinski definition) is 1. The van der Waals surface area contributed by atoms with Crippen molar-refractivity contribution in [2.24, 2.45) is 17.1 Å². The van der Waals surface area contributed by atoms with Crippen LogP contribution < -0.4 is 5.73 Å². The van der Waals surface area contributed by atoms with Crippen molar-refractivity contribution in [3.8, 4) is 0 Å². The maximum atomic E-state index is 5.75. The number of nitrogens with zero attached hydrogens (tertiary/aromatic N) is 1. The number of pyridine rings is 1. The lowest BCUT2D eigenvalue weighted by atomic mass is 10.1. The molecule has 1 fully saturated rings. The molecule has 76 valence electrons. The van der Waals surface area contributed by atoms with Crippen molar-refractivity contribution in [2.45, 2.75) is 26.7 Å². The summed E-state index contributed by atoms with van der Waals surface area (Å²) in [6.07, 6.45) is 0. The van der Waals surface area contributed by atoms with Crippen LogP contribution in [0.2, 0.25) is 0 Å². The maximum absolute atomic E-state index is 5.75. The first-order valence-electron chi connectivity index (χ1n) is 5.21. The first-order valence-corrected chi connectivity index (χ1v) is 5.21. The Morgan fingerprint density at radius 3 is 2.64 bits per heavy atom. The quantitative estimate of drug-likeness (QED) is 0.775. The highest BCUT2D eigenvalue weighted by Crippen LogP contribution is 2.63. The summed E-state index contributed by atoms with van der Waals surface area (Å²) in [4.78, 5) is 4.57. The average molecular weight is 190 g/mol. The Labute approximate surface area is 85.5 Å². The van der Waals surface area contributed by atoms with Gasteiger partial charge in [0.2, 0.25) is 0 Å². The van der Waals surface area contributed by atoms with Crippen LogP contribution in [0.3, 0.4) is 0 Å². The zero-order valence-electron chi connectivity index (χ0n) is 9.12. The summed E-state index contributed by atoms with van der Waals surface area (Å²) in [7, 11) is 0. The average Bonchev–Trinajstić information content (AvgIpc) is 2.68. The van der Waals surface area contributed by atoms with Crippen molar-refractivity contribution in [1.82, 2.24) is 4.98 Å².